The van der Waals surface area contributed by atoms with E-state index in [4.69, 9.17) is 0 Å². The Kier molecular flexibility index (Phi) is 11.4. The molecule has 1 aliphatic rings. The van der Waals surface area contributed by atoms with Crippen LogP contribution in [0.2, 0.25) is 0 Å². The fourth-order valence-electron chi connectivity index (χ4n) is 6.23. The lowest BCUT2D eigenvalue weighted by atomic mass is 9.88. The number of carbonyl (C=O) groups is 2. The number of halogens is 3. The number of rotatable bonds is 11. The maximum atomic E-state index is 14.5. The lowest BCUT2D eigenvalue weighted by Crippen LogP contribution is -2.51. The highest BCUT2D eigenvalue weighted by Gasteiger charge is 2.34. The minimum absolute atomic E-state index is 0.148. The van der Waals surface area contributed by atoms with Gasteiger partial charge >= 0.3 is 6.18 Å². The van der Waals surface area contributed by atoms with Crippen molar-refractivity contribution in [3.05, 3.63) is 167 Å². The van der Waals surface area contributed by atoms with Gasteiger partial charge in [-0.2, -0.15) is 13.2 Å². The van der Waals surface area contributed by atoms with Crippen LogP contribution in [-0.2, 0) is 35.3 Å². The van der Waals surface area contributed by atoms with Crippen LogP contribution in [0.4, 0.5) is 13.2 Å². The van der Waals surface area contributed by atoms with E-state index in [1.165, 1.54) is 17.7 Å². The number of hydrogen-bond acceptors (Lipinski definition) is 4. The molecule has 1 fully saturated rings. The molecule has 0 radical (unpaired) electrons. The molecule has 6 rings (SSSR count). The molecule has 1 aliphatic heterocycles. The number of piperazine rings is 1. The third-order valence-electron chi connectivity index (χ3n) is 9.06. The predicted molar refractivity (Wildman–Crippen MR) is 193 cm³/mol. The smallest absolute Gasteiger partial charge is 0.348 e. The van der Waals surface area contributed by atoms with E-state index in [1.54, 1.807) is 17.2 Å². The minimum Gasteiger partial charge on any atom is -0.348 e. The van der Waals surface area contributed by atoms with Gasteiger partial charge in [0.25, 0.3) is 0 Å². The number of pyridine rings is 1. The Morgan fingerprint density at radius 1 is 0.725 bits per heavy atom. The highest BCUT2D eigenvalue weighted by Crippen LogP contribution is 2.30. The molecule has 260 valence electrons. The van der Waals surface area contributed by atoms with Crippen LogP contribution in [0.15, 0.2) is 139 Å². The molecule has 5 aromatic rings. The zero-order valence-corrected chi connectivity index (χ0v) is 28.1. The van der Waals surface area contributed by atoms with Gasteiger partial charge in [-0.25, -0.2) is 0 Å². The fourth-order valence-corrected chi connectivity index (χ4v) is 6.23. The van der Waals surface area contributed by atoms with E-state index in [1.807, 2.05) is 91.0 Å². The summed E-state index contributed by atoms with van der Waals surface area (Å²) < 4.78 is 40.2. The number of nitrogens with one attached hydrogen (secondary N) is 1. The molecule has 1 saturated heterocycles. The zero-order chi connectivity index (χ0) is 35.6. The third kappa shape index (κ3) is 9.58. The second-order valence-electron chi connectivity index (χ2n) is 12.6. The quantitative estimate of drug-likeness (QED) is 0.145. The molecule has 0 bridgehead atoms. The van der Waals surface area contributed by atoms with Crippen molar-refractivity contribution >= 4 is 17.9 Å². The first-order valence-electron chi connectivity index (χ1n) is 17.0. The van der Waals surface area contributed by atoms with Crippen LogP contribution in [0.1, 0.15) is 27.8 Å². The Balaban J connectivity index is 1.26. The van der Waals surface area contributed by atoms with Crippen molar-refractivity contribution in [3.8, 4) is 11.3 Å². The van der Waals surface area contributed by atoms with Crippen LogP contribution in [0.3, 0.4) is 0 Å². The number of hydrogen-bond donors (Lipinski definition) is 1. The first-order valence-corrected chi connectivity index (χ1v) is 17.0. The molecular weight excluding hydrogens is 649 g/mol. The summed E-state index contributed by atoms with van der Waals surface area (Å²) in [5, 5.41) is 2.97. The van der Waals surface area contributed by atoms with E-state index in [9.17, 15) is 22.8 Å². The molecule has 1 aromatic heterocycles. The molecule has 1 N–H and O–H groups in total. The maximum Gasteiger partial charge on any atom is 0.416 e. The lowest BCUT2D eigenvalue weighted by Gasteiger charge is -2.37. The molecule has 0 saturated carbocycles. The van der Waals surface area contributed by atoms with Crippen molar-refractivity contribution in [2.75, 3.05) is 26.2 Å². The van der Waals surface area contributed by atoms with Gasteiger partial charge in [0.1, 0.15) is 0 Å². The van der Waals surface area contributed by atoms with Gasteiger partial charge in [0, 0.05) is 56.6 Å². The summed E-state index contributed by atoms with van der Waals surface area (Å²) in [7, 11) is 0. The summed E-state index contributed by atoms with van der Waals surface area (Å²) in [4.78, 5) is 37.3. The zero-order valence-electron chi connectivity index (χ0n) is 28.1. The monoisotopic (exact) mass is 688 g/mol. The van der Waals surface area contributed by atoms with Gasteiger partial charge in [-0.3, -0.25) is 19.5 Å². The summed E-state index contributed by atoms with van der Waals surface area (Å²) in [6.07, 6.45) is -1.01. The average molecular weight is 689 g/mol. The second kappa shape index (κ2) is 16.4. The van der Waals surface area contributed by atoms with Crippen LogP contribution in [0.25, 0.3) is 17.3 Å². The van der Waals surface area contributed by atoms with Crippen molar-refractivity contribution in [1.82, 2.24) is 20.1 Å². The van der Waals surface area contributed by atoms with Gasteiger partial charge in [-0.15, -0.1) is 0 Å². The van der Waals surface area contributed by atoms with Gasteiger partial charge in [-0.05, 0) is 52.9 Å². The van der Waals surface area contributed by atoms with Crippen LogP contribution in [-0.4, -0.2) is 52.8 Å². The number of benzene rings is 4. The molecule has 51 heavy (non-hydrogen) atoms. The van der Waals surface area contributed by atoms with Crippen molar-refractivity contribution in [2.45, 2.75) is 25.7 Å². The Morgan fingerprint density at radius 2 is 1.33 bits per heavy atom. The van der Waals surface area contributed by atoms with E-state index < -0.39 is 23.6 Å². The average Bonchev–Trinajstić information content (AvgIpc) is 3.16. The highest BCUT2D eigenvalue weighted by molar-refractivity contribution is 6.04. The Labute approximate surface area is 296 Å². The Morgan fingerprint density at radius 3 is 1.92 bits per heavy atom. The van der Waals surface area contributed by atoms with Crippen molar-refractivity contribution in [1.29, 1.82) is 0 Å². The van der Waals surface area contributed by atoms with Crippen LogP contribution in [0, 0.1) is 5.92 Å². The lowest BCUT2D eigenvalue weighted by molar-refractivity contribution is -0.138. The molecule has 1 atom stereocenters. The molecule has 4 aromatic carbocycles. The van der Waals surface area contributed by atoms with Gasteiger partial charge in [0.2, 0.25) is 11.8 Å². The summed E-state index contributed by atoms with van der Waals surface area (Å²) in [6.45, 7) is 3.26. The number of aromatic nitrogens is 1. The Hall–Kier alpha value is -5.54. The van der Waals surface area contributed by atoms with Gasteiger partial charge in [-0.1, -0.05) is 109 Å². The SMILES string of the molecule is O=C(NCc1ccc(-c2ccccc2)nc1)C(=Cc1ccc(C(F)(F)F)cc1)[C@H](Cc1ccccc1)C(=O)N1CCN(Cc2ccccc2)CC1. The van der Waals surface area contributed by atoms with Crippen molar-refractivity contribution < 1.29 is 22.8 Å². The molecule has 2 heterocycles. The maximum absolute atomic E-state index is 14.5. The molecular formula is C42H39F3N4O2. The van der Waals surface area contributed by atoms with E-state index in [2.05, 4.69) is 27.3 Å². The van der Waals surface area contributed by atoms with E-state index >= 15 is 0 Å². The number of alkyl halides is 3. The highest BCUT2D eigenvalue weighted by atomic mass is 19.4. The second-order valence-corrected chi connectivity index (χ2v) is 12.6. The molecule has 6 nitrogen and oxygen atoms in total. The number of nitrogens with zero attached hydrogens (tertiary/aromatic N) is 3. The summed E-state index contributed by atoms with van der Waals surface area (Å²) in [5.74, 6) is -1.55. The van der Waals surface area contributed by atoms with E-state index in [0.717, 1.165) is 41.1 Å². The molecule has 9 heteroatoms. The van der Waals surface area contributed by atoms with Crippen LogP contribution in [0.5, 0.6) is 0 Å². The minimum atomic E-state index is -4.50. The van der Waals surface area contributed by atoms with Gasteiger partial charge < -0.3 is 10.2 Å². The van der Waals surface area contributed by atoms with E-state index in [-0.39, 0.29) is 24.4 Å². The molecule has 0 spiro atoms. The fraction of sp³-hybridized carbons (Fsp3) is 0.214. The third-order valence-corrected chi connectivity index (χ3v) is 9.06. The molecule has 0 aliphatic carbocycles. The van der Waals surface area contributed by atoms with Crippen molar-refractivity contribution in [2.24, 2.45) is 5.92 Å². The van der Waals surface area contributed by atoms with Crippen LogP contribution < -0.4 is 5.32 Å². The normalized spacial score (nSPS) is 14.6. The van der Waals surface area contributed by atoms with Gasteiger partial charge in [0.05, 0.1) is 17.2 Å². The summed E-state index contributed by atoms with van der Waals surface area (Å²) in [5.41, 5.74) is 4.38. The number of carbonyl (C=O) groups excluding carboxylic acids is 2. The molecule has 0 unspecified atom stereocenters. The molecule has 2 amide bonds. The Bertz CT molecular complexity index is 1910. The summed E-state index contributed by atoms with van der Waals surface area (Å²) in [6, 6.07) is 37.8. The predicted octanol–water partition coefficient (Wildman–Crippen LogP) is 7.67. The van der Waals surface area contributed by atoms with Gasteiger partial charge in [0.15, 0.2) is 0 Å². The van der Waals surface area contributed by atoms with Crippen LogP contribution >= 0.6 is 0 Å². The van der Waals surface area contributed by atoms with Crippen molar-refractivity contribution in [3.63, 3.8) is 0 Å². The largest absolute Gasteiger partial charge is 0.416 e. The first kappa shape index (κ1) is 35.3. The topological polar surface area (TPSA) is 65.5 Å². The standard InChI is InChI=1S/C42H39F3N4O2/c43-42(44,45)36-19-16-32(17-20-36)26-37(40(50)47-29-34-18-21-39(46-28-34)35-14-8-3-9-15-35)38(27-31-10-4-1-5-11-31)41(51)49-24-22-48(23-25-49)30-33-12-6-2-7-13-33/h1-21,26,28,38H,22-25,27,29-30H2,(H,47,50)/t38-/m0/s1. The first-order chi connectivity index (χ1) is 24.7. The van der Waals surface area contributed by atoms with E-state index in [0.29, 0.717) is 31.7 Å². The number of amides is 2. The summed E-state index contributed by atoms with van der Waals surface area (Å²) >= 11 is 0.